The molecular weight excluding hydrogens is 276 g/mol. The van der Waals surface area contributed by atoms with Crippen LogP contribution >= 0.6 is 0 Å². The van der Waals surface area contributed by atoms with E-state index in [9.17, 15) is 20.0 Å². The summed E-state index contributed by atoms with van der Waals surface area (Å²) in [4.78, 5) is 21.8. The van der Waals surface area contributed by atoms with E-state index in [2.05, 4.69) is 10.4 Å². The van der Waals surface area contributed by atoms with Gasteiger partial charge in [-0.15, -0.1) is 0 Å². The molecule has 21 heavy (non-hydrogen) atoms. The Balaban J connectivity index is 1.79. The number of carbonyl (C=O) groups is 1. The molecule has 1 aromatic rings. The van der Waals surface area contributed by atoms with E-state index >= 15 is 0 Å². The standard InChI is InChI=1S/C13H20N4O4/c18-9-11-4-2-1-3-10(11)5-14-13(19)8-16-7-12(6-15-16)17(20)21/h6-7,10-11,18H,1-5,8-9H2,(H,14,19). The molecule has 8 nitrogen and oxygen atoms in total. The highest BCUT2D eigenvalue weighted by Crippen LogP contribution is 2.29. The monoisotopic (exact) mass is 296 g/mol. The fourth-order valence-corrected chi connectivity index (χ4v) is 2.77. The minimum Gasteiger partial charge on any atom is -0.396 e. The minimum atomic E-state index is -0.546. The van der Waals surface area contributed by atoms with E-state index < -0.39 is 4.92 Å². The number of nitrogens with zero attached hydrogens (tertiary/aromatic N) is 3. The summed E-state index contributed by atoms with van der Waals surface area (Å²) in [5.41, 5.74) is -0.129. The Bertz CT molecular complexity index is 502. The summed E-state index contributed by atoms with van der Waals surface area (Å²) in [7, 11) is 0. The van der Waals surface area contributed by atoms with Gasteiger partial charge >= 0.3 is 5.69 Å². The van der Waals surface area contributed by atoms with Crippen LogP contribution in [0.2, 0.25) is 0 Å². The molecular formula is C13H20N4O4. The maximum Gasteiger partial charge on any atom is 0.307 e. The van der Waals surface area contributed by atoms with Crippen LogP contribution in [-0.4, -0.2) is 38.9 Å². The van der Waals surface area contributed by atoms with Crippen molar-refractivity contribution in [3.63, 3.8) is 0 Å². The molecule has 2 atom stereocenters. The van der Waals surface area contributed by atoms with Crippen molar-refractivity contribution in [2.24, 2.45) is 11.8 Å². The molecule has 1 heterocycles. The quantitative estimate of drug-likeness (QED) is 0.593. The second-order valence-electron chi connectivity index (χ2n) is 5.44. The van der Waals surface area contributed by atoms with Gasteiger partial charge in [0.15, 0.2) is 0 Å². The van der Waals surface area contributed by atoms with Crippen molar-refractivity contribution in [1.29, 1.82) is 0 Å². The molecule has 0 aromatic carbocycles. The fraction of sp³-hybridized carbons (Fsp3) is 0.692. The summed E-state index contributed by atoms with van der Waals surface area (Å²) in [6.07, 6.45) is 6.63. The first kappa shape index (κ1) is 15.4. The zero-order valence-electron chi connectivity index (χ0n) is 11.8. The Morgan fingerprint density at radius 3 is 2.81 bits per heavy atom. The van der Waals surface area contributed by atoms with Crippen molar-refractivity contribution in [2.75, 3.05) is 13.2 Å². The van der Waals surface area contributed by atoms with Crippen molar-refractivity contribution in [3.8, 4) is 0 Å². The number of amides is 1. The summed E-state index contributed by atoms with van der Waals surface area (Å²) in [6, 6.07) is 0. The average Bonchev–Trinajstić information content (AvgIpc) is 2.94. The first-order chi connectivity index (χ1) is 10.1. The fourth-order valence-electron chi connectivity index (χ4n) is 2.77. The third kappa shape index (κ3) is 4.25. The van der Waals surface area contributed by atoms with Gasteiger partial charge in [0.2, 0.25) is 5.91 Å². The number of hydrogen-bond donors (Lipinski definition) is 2. The van der Waals surface area contributed by atoms with Gasteiger partial charge in [-0.05, 0) is 24.7 Å². The summed E-state index contributed by atoms with van der Waals surface area (Å²) in [5, 5.41) is 26.5. The lowest BCUT2D eigenvalue weighted by Crippen LogP contribution is -2.37. The zero-order valence-corrected chi connectivity index (χ0v) is 11.8. The Morgan fingerprint density at radius 1 is 1.48 bits per heavy atom. The van der Waals surface area contributed by atoms with Crippen molar-refractivity contribution < 1.29 is 14.8 Å². The van der Waals surface area contributed by atoms with Gasteiger partial charge in [-0.25, -0.2) is 0 Å². The molecule has 1 aliphatic rings. The van der Waals surface area contributed by atoms with Gasteiger partial charge < -0.3 is 10.4 Å². The van der Waals surface area contributed by atoms with Crippen molar-refractivity contribution in [3.05, 3.63) is 22.5 Å². The molecule has 1 aliphatic carbocycles. The van der Waals surface area contributed by atoms with E-state index in [1.165, 1.54) is 10.9 Å². The van der Waals surface area contributed by atoms with Crippen LogP contribution in [0.3, 0.4) is 0 Å². The number of hydrogen-bond acceptors (Lipinski definition) is 5. The first-order valence-electron chi connectivity index (χ1n) is 7.14. The molecule has 1 amide bonds. The molecule has 2 unspecified atom stereocenters. The molecule has 2 N–H and O–H groups in total. The first-order valence-corrected chi connectivity index (χ1v) is 7.14. The Hall–Kier alpha value is -1.96. The maximum absolute atomic E-state index is 11.8. The largest absolute Gasteiger partial charge is 0.396 e. The number of carbonyl (C=O) groups excluding carboxylic acids is 1. The molecule has 8 heteroatoms. The highest BCUT2D eigenvalue weighted by molar-refractivity contribution is 5.75. The molecule has 2 rings (SSSR count). The number of nitrogens with one attached hydrogen (secondary N) is 1. The number of rotatable bonds is 6. The van der Waals surface area contributed by atoms with Crippen molar-refractivity contribution in [2.45, 2.75) is 32.2 Å². The topological polar surface area (TPSA) is 110 Å². The molecule has 1 aromatic heterocycles. The van der Waals surface area contributed by atoms with Crippen LogP contribution in [0.25, 0.3) is 0 Å². The van der Waals surface area contributed by atoms with Crippen LogP contribution in [0.4, 0.5) is 5.69 Å². The molecule has 1 saturated carbocycles. The third-order valence-corrected chi connectivity index (χ3v) is 4.00. The lowest BCUT2D eigenvalue weighted by molar-refractivity contribution is -0.385. The van der Waals surface area contributed by atoms with Crippen LogP contribution in [0.1, 0.15) is 25.7 Å². The van der Waals surface area contributed by atoms with E-state index in [1.54, 1.807) is 0 Å². The highest BCUT2D eigenvalue weighted by atomic mass is 16.6. The van der Waals surface area contributed by atoms with Gasteiger partial charge in [0.1, 0.15) is 18.9 Å². The molecule has 0 bridgehead atoms. The predicted octanol–water partition coefficient (Wildman–Crippen LogP) is 0.706. The Morgan fingerprint density at radius 2 is 2.19 bits per heavy atom. The Kier molecular flexibility index (Phi) is 5.26. The van der Waals surface area contributed by atoms with Crippen LogP contribution < -0.4 is 5.32 Å². The van der Waals surface area contributed by atoms with Crippen LogP contribution in [0, 0.1) is 22.0 Å². The number of aromatic nitrogens is 2. The predicted molar refractivity (Wildman–Crippen MR) is 74.4 cm³/mol. The second-order valence-corrected chi connectivity index (χ2v) is 5.44. The molecule has 0 spiro atoms. The van der Waals surface area contributed by atoms with Crippen LogP contribution in [0.15, 0.2) is 12.4 Å². The molecule has 0 saturated heterocycles. The van der Waals surface area contributed by atoms with Gasteiger partial charge in [0, 0.05) is 13.2 Å². The van der Waals surface area contributed by atoms with Crippen molar-refractivity contribution in [1.82, 2.24) is 15.1 Å². The zero-order chi connectivity index (χ0) is 15.2. The van der Waals surface area contributed by atoms with Crippen LogP contribution in [-0.2, 0) is 11.3 Å². The lowest BCUT2D eigenvalue weighted by Gasteiger charge is -2.30. The van der Waals surface area contributed by atoms with Crippen LogP contribution in [0.5, 0.6) is 0 Å². The molecule has 1 fully saturated rings. The van der Waals surface area contributed by atoms with E-state index in [1.807, 2.05) is 0 Å². The molecule has 0 radical (unpaired) electrons. The summed E-state index contributed by atoms with van der Waals surface area (Å²) < 4.78 is 1.25. The lowest BCUT2D eigenvalue weighted by atomic mass is 9.79. The second kappa shape index (κ2) is 7.16. The van der Waals surface area contributed by atoms with E-state index in [0.29, 0.717) is 12.5 Å². The minimum absolute atomic E-state index is 0.0373. The van der Waals surface area contributed by atoms with Crippen molar-refractivity contribution >= 4 is 11.6 Å². The van der Waals surface area contributed by atoms with E-state index in [0.717, 1.165) is 31.9 Å². The van der Waals surface area contributed by atoms with Gasteiger partial charge in [-0.2, -0.15) is 5.10 Å². The summed E-state index contributed by atoms with van der Waals surface area (Å²) >= 11 is 0. The molecule has 0 aliphatic heterocycles. The Labute approximate surface area is 122 Å². The van der Waals surface area contributed by atoms with Gasteiger partial charge in [0.25, 0.3) is 0 Å². The number of nitro groups is 1. The van der Waals surface area contributed by atoms with Gasteiger partial charge in [-0.1, -0.05) is 12.8 Å². The smallest absolute Gasteiger partial charge is 0.307 e. The average molecular weight is 296 g/mol. The summed E-state index contributed by atoms with van der Waals surface area (Å²) in [5.74, 6) is 0.333. The highest BCUT2D eigenvalue weighted by Gasteiger charge is 2.24. The van der Waals surface area contributed by atoms with Gasteiger partial charge in [-0.3, -0.25) is 19.6 Å². The van der Waals surface area contributed by atoms with Gasteiger partial charge in [0.05, 0.1) is 4.92 Å². The van der Waals surface area contributed by atoms with E-state index in [4.69, 9.17) is 0 Å². The van der Waals surface area contributed by atoms with E-state index in [-0.39, 0.29) is 30.7 Å². The number of aliphatic hydroxyl groups excluding tert-OH is 1. The maximum atomic E-state index is 11.8. The SMILES string of the molecule is O=C(Cn1cc([N+](=O)[O-])cn1)NCC1CCCCC1CO. The summed E-state index contributed by atoms with van der Waals surface area (Å²) in [6.45, 7) is 0.656. The third-order valence-electron chi connectivity index (χ3n) is 4.00. The molecule has 116 valence electrons. The number of aliphatic hydroxyl groups is 1. The normalized spacial score (nSPS) is 22.0.